The van der Waals surface area contributed by atoms with Gasteiger partial charge in [0.2, 0.25) is 0 Å². The molecule has 24 heavy (non-hydrogen) atoms. The van der Waals surface area contributed by atoms with Crippen molar-refractivity contribution < 1.29 is 14.6 Å². The van der Waals surface area contributed by atoms with Crippen LogP contribution >= 0.6 is 0 Å². The van der Waals surface area contributed by atoms with Crippen molar-refractivity contribution in [3.63, 3.8) is 0 Å². The van der Waals surface area contributed by atoms with Gasteiger partial charge in [-0.05, 0) is 42.3 Å². The summed E-state index contributed by atoms with van der Waals surface area (Å²) in [5.41, 5.74) is 2.02. The highest BCUT2D eigenvalue weighted by atomic mass is 16.5. The van der Waals surface area contributed by atoms with Gasteiger partial charge in [0.05, 0.1) is 26.0 Å². The Morgan fingerprint density at radius 3 is 2.54 bits per heavy atom. The van der Waals surface area contributed by atoms with Gasteiger partial charge in [0.25, 0.3) is 0 Å². The average Bonchev–Trinajstić information content (AvgIpc) is 2.57. The van der Waals surface area contributed by atoms with E-state index >= 15 is 0 Å². The van der Waals surface area contributed by atoms with Crippen LogP contribution in [0.2, 0.25) is 0 Å². The van der Waals surface area contributed by atoms with Crippen LogP contribution in [-0.4, -0.2) is 29.9 Å². The molecule has 1 aromatic carbocycles. The predicted molar refractivity (Wildman–Crippen MR) is 96.1 cm³/mol. The maximum atomic E-state index is 9.22. The summed E-state index contributed by atoms with van der Waals surface area (Å²) in [5, 5.41) is 9.22. The summed E-state index contributed by atoms with van der Waals surface area (Å²) >= 11 is 0. The lowest BCUT2D eigenvalue weighted by molar-refractivity contribution is 0.0381. The molecule has 128 valence electrons. The molecule has 4 heteroatoms. The Labute approximate surface area is 143 Å². The number of nitrogens with zero attached hydrogens (tertiary/aromatic N) is 1. The molecule has 0 bridgehead atoms. The summed E-state index contributed by atoms with van der Waals surface area (Å²) in [6.45, 7) is 7.20. The van der Waals surface area contributed by atoms with Crippen LogP contribution in [0.5, 0.6) is 11.5 Å². The number of aliphatic hydroxyl groups excluding tert-OH is 1. The van der Waals surface area contributed by atoms with E-state index in [2.05, 4.69) is 11.1 Å². The maximum absolute atomic E-state index is 9.22. The lowest BCUT2D eigenvalue weighted by Gasteiger charge is -2.21. The molecule has 4 nitrogen and oxygen atoms in total. The molecular formula is C20H25NO3. The molecule has 0 spiro atoms. The lowest BCUT2D eigenvalue weighted by Crippen LogP contribution is -2.23. The van der Waals surface area contributed by atoms with Gasteiger partial charge >= 0.3 is 0 Å². The number of rotatable bonds is 8. The standard InChI is InChI=1S/C20H25NO3/c1-16(13-23-15-20(2,3)14-22)11-17-6-8-18(9-7-17)24-19-5-4-10-21-12-19/h4-12,22H,13-15H2,1-3H3/b16-11+. The third-order valence-electron chi connectivity index (χ3n) is 3.41. The summed E-state index contributed by atoms with van der Waals surface area (Å²) in [4.78, 5) is 4.03. The first kappa shape index (κ1) is 18.2. The Morgan fingerprint density at radius 1 is 1.17 bits per heavy atom. The monoisotopic (exact) mass is 327 g/mol. The van der Waals surface area contributed by atoms with Gasteiger partial charge in [-0.2, -0.15) is 0 Å². The Morgan fingerprint density at radius 2 is 1.92 bits per heavy atom. The van der Waals surface area contributed by atoms with E-state index in [1.165, 1.54) is 0 Å². The predicted octanol–water partition coefficient (Wildman–Crippen LogP) is 4.31. The zero-order chi connectivity index (χ0) is 17.4. The number of hydrogen-bond donors (Lipinski definition) is 1. The first-order valence-electron chi connectivity index (χ1n) is 8.02. The molecule has 2 aromatic rings. The number of hydrogen-bond acceptors (Lipinski definition) is 4. The number of benzene rings is 1. The first-order chi connectivity index (χ1) is 11.5. The highest BCUT2D eigenvalue weighted by molar-refractivity contribution is 5.53. The van der Waals surface area contributed by atoms with Gasteiger partial charge in [-0.3, -0.25) is 4.98 Å². The second-order valence-corrected chi connectivity index (χ2v) is 6.67. The number of ether oxygens (including phenoxy) is 2. The fourth-order valence-corrected chi connectivity index (χ4v) is 2.04. The van der Waals surface area contributed by atoms with Gasteiger partial charge in [0, 0.05) is 11.6 Å². The van der Waals surface area contributed by atoms with Crippen LogP contribution in [0, 0.1) is 5.41 Å². The molecule has 0 aliphatic rings. The summed E-state index contributed by atoms with van der Waals surface area (Å²) < 4.78 is 11.4. The molecular weight excluding hydrogens is 302 g/mol. The van der Waals surface area contributed by atoms with Gasteiger partial charge in [0.15, 0.2) is 0 Å². The van der Waals surface area contributed by atoms with Crippen molar-refractivity contribution in [2.75, 3.05) is 19.8 Å². The van der Waals surface area contributed by atoms with E-state index in [-0.39, 0.29) is 12.0 Å². The van der Waals surface area contributed by atoms with Gasteiger partial charge in [0.1, 0.15) is 11.5 Å². The largest absolute Gasteiger partial charge is 0.456 e. The second kappa shape index (κ2) is 8.62. The SMILES string of the molecule is C/C(=C\c1ccc(Oc2cccnc2)cc1)COCC(C)(C)CO. The molecule has 0 amide bonds. The molecule has 0 aliphatic carbocycles. The van der Waals surface area contributed by atoms with Crippen LogP contribution in [-0.2, 0) is 4.74 Å². The molecule has 0 atom stereocenters. The van der Waals surface area contributed by atoms with E-state index in [0.717, 1.165) is 22.6 Å². The summed E-state index contributed by atoms with van der Waals surface area (Å²) in [6.07, 6.45) is 5.48. The van der Waals surface area contributed by atoms with Gasteiger partial charge in [-0.1, -0.05) is 32.1 Å². The number of pyridine rings is 1. The van der Waals surface area contributed by atoms with E-state index < -0.39 is 0 Å². The average molecular weight is 327 g/mol. The second-order valence-electron chi connectivity index (χ2n) is 6.67. The van der Waals surface area contributed by atoms with Crippen molar-refractivity contribution in [2.24, 2.45) is 5.41 Å². The Balaban J connectivity index is 1.88. The topological polar surface area (TPSA) is 51.6 Å². The van der Waals surface area contributed by atoms with Crippen LogP contribution in [0.15, 0.2) is 54.4 Å². The summed E-state index contributed by atoms with van der Waals surface area (Å²) in [7, 11) is 0. The summed E-state index contributed by atoms with van der Waals surface area (Å²) in [6, 6.07) is 11.6. The quantitative estimate of drug-likeness (QED) is 0.785. The van der Waals surface area contributed by atoms with Gasteiger partial charge in [-0.15, -0.1) is 0 Å². The van der Waals surface area contributed by atoms with E-state index in [0.29, 0.717) is 13.2 Å². The van der Waals surface area contributed by atoms with Crippen molar-refractivity contribution >= 4 is 6.08 Å². The van der Waals surface area contributed by atoms with Crippen molar-refractivity contribution in [3.8, 4) is 11.5 Å². The minimum absolute atomic E-state index is 0.119. The maximum Gasteiger partial charge on any atom is 0.145 e. The fraction of sp³-hybridized carbons (Fsp3) is 0.350. The third kappa shape index (κ3) is 6.14. The first-order valence-corrected chi connectivity index (χ1v) is 8.02. The molecule has 1 heterocycles. The highest BCUT2D eigenvalue weighted by Crippen LogP contribution is 2.21. The molecule has 0 radical (unpaired) electrons. The summed E-state index contributed by atoms with van der Waals surface area (Å²) in [5.74, 6) is 1.50. The Bertz CT molecular complexity index is 648. The van der Waals surface area contributed by atoms with E-state index in [9.17, 15) is 5.11 Å². The fourth-order valence-electron chi connectivity index (χ4n) is 2.04. The smallest absolute Gasteiger partial charge is 0.145 e. The Kier molecular flexibility index (Phi) is 6.53. The van der Waals surface area contributed by atoms with Crippen LogP contribution in [0.4, 0.5) is 0 Å². The van der Waals surface area contributed by atoms with Crippen molar-refractivity contribution in [3.05, 3.63) is 59.9 Å². The van der Waals surface area contributed by atoms with E-state index in [1.54, 1.807) is 12.4 Å². The number of aliphatic hydroxyl groups is 1. The Hall–Kier alpha value is -2.17. The molecule has 0 saturated heterocycles. The molecule has 0 aliphatic heterocycles. The van der Waals surface area contributed by atoms with Crippen molar-refractivity contribution in [1.82, 2.24) is 4.98 Å². The minimum Gasteiger partial charge on any atom is -0.456 e. The highest BCUT2D eigenvalue weighted by Gasteiger charge is 2.16. The third-order valence-corrected chi connectivity index (χ3v) is 3.41. The van der Waals surface area contributed by atoms with E-state index in [1.807, 2.05) is 57.2 Å². The molecule has 0 fully saturated rings. The zero-order valence-electron chi connectivity index (χ0n) is 14.5. The number of aromatic nitrogens is 1. The van der Waals surface area contributed by atoms with Crippen LogP contribution in [0.3, 0.4) is 0 Å². The van der Waals surface area contributed by atoms with Gasteiger partial charge in [-0.25, -0.2) is 0 Å². The lowest BCUT2D eigenvalue weighted by atomic mass is 9.97. The van der Waals surface area contributed by atoms with Crippen LogP contribution in [0.25, 0.3) is 6.08 Å². The minimum atomic E-state index is -0.203. The molecule has 0 unspecified atom stereocenters. The molecule has 0 saturated carbocycles. The van der Waals surface area contributed by atoms with Crippen LogP contribution in [0.1, 0.15) is 26.3 Å². The molecule has 1 N–H and O–H groups in total. The van der Waals surface area contributed by atoms with E-state index in [4.69, 9.17) is 9.47 Å². The zero-order valence-corrected chi connectivity index (χ0v) is 14.5. The molecule has 2 rings (SSSR count). The van der Waals surface area contributed by atoms with Crippen molar-refractivity contribution in [1.29, 1.82) is 0 Å². The normalized spacial score (nSPS) is 12.2. The van der Waals surface area contributed by atoms with Crippen molar-refractivity contribution in [2.45, 2.75) is 20.8 Å². The molecule has 1 aromatic heterocycles. The van der Waals surface area contributed by atoms with Gasteiger partial charge < -0.3 is 14.6 Å². The van der Waals surface area contributed by atoms with Crippen LogP contribution < -0.4 is 4.74 Å².